The number of methoxy groups -OCH3 is 1. The molecule has 0 heterocycles. The molecule has 0 aromatic heterocycles. The van der Waals surface area contributed by atoms with Crippen LogP contribution in [0.5, 0.6) is 5.75 Å². The number of nitro benzene ring substituents is 1. The van der Waals surface area contributed by atoms with E-state index in [2.05, 4.69) is 5.32 Å². The number of hydrogen-bond donors (Lipinski definition) is 1. The van der Waals surface area contributed by atoms with Crippen LogP contribution in [0.15, 0.2) is 42.5 Å². The molecular weight excluding hydrogens is 272 g/mol. The Balaban J connectivity index is 2.38. The molecular formula is C15H14N2O4. The molecule has 0 radical (unpaired) electrons. The van der Waals surface area contributed by atoms with Gasteiger partial charge in [-0.1, -0.05) is 24.3 Å². The van der Waals surface area contributed by atoms with Gasteiger partial charge in [-0.25, -0.2) is 0 Å². The van der Waals surface area contributed by atoms with Gasteiger partial charge in [0.05, 0.1) is 17.7 Å². The molecule has 1 amide bonds. The second-order valence-electron chi connectivity index (χ2n) is 4.38. The van der Waals surface area contributed by atoms with Crippen LogP contribution in [0.3, 0.4) is 0 Å². The van der Waals surface area contributed by atoms with E-state index in [9.17, 15) is 14.9 Å². The van der Waals surface area contributed by atoms with E-state index in [0.29, 0.717) is 17.0 Å². The summed E-state index contributed by atoms with van der Waals surface area (Å²) in [5, 5.41) is 13.8. The highest BCUT2D eigenvalue weighted by Gasteiger charge is 2.22. The Morgan fingerprint density at radius 1 is 1.19 bits per heavy atom. The number of carbonyl (C=O) groups is 1. The normalized spacial score (nSPS) is 10.0. The van der Waals surface area contributed by atoms with E-state index < -0.39 is 10.8 Å². The minimum Gasteiger partial charge on any atom is -0.495 e. The lowest BCUT2D eigenvalue weighted by Crippen LogP contribution is -2.15. The van der Waals surface area contributed by atoms with E-state index in [1.807, 2.05) is 0 Å². The third-order valence-electron chi connectivity index (χ3n) is 3.02. The van der Waals surface area contributed by atoms with Crippen molar-refractivity contribution in [1.82, 2.24) is 0 Å². The van der Waals surface area contributed by atoms with Gasteiger partial charge in [0.2, 0.25) is 0 Å². The maximum absolute atomic E-state index is 12.3. The summed E-state index contributed by atoms with van der Waals surface area (Å²) in [5.41, 5.74) is 0.726. The zero-order valence-electron chi connectivity index (χ0n) is 11.6. The topological polar surface area (TPSA) is 81.5 Å². The van der Waals surface area contributed by atoms with Crippen LogP contribution in [0.2, 0.25) is 0 Å². The summed E-state index contributed by atoms with van der Waals surface area (Å²) in [4.78, 5) is 22.9. The minimum atomic E-state index is -0.549. The van der Waals surface area contributed by atoms with E-state index in [-0.39, 0.29) is 11.3 Å². The fraction of sp³-hybridized carbons (Fsp3) is 0.133. The third kappa shape index (κ3) is 3.00. The number of benzene rings is 2. The minimum absolute atomic E-state index is 0.0194. The summed E-state index contributed by atoms with van der Waals surface area (Å²) in [6.07, 6.45) is 0. The van der Waals surface area contributed by atoms with E-state index in [1.54, 1.807) is 43.3 Å². The van der Waals surface area contributed by atoms with Crippen LogP contribution in [-0.2, 0) is 0 Å². The van der Waals surface area contributed by atoms with Crippen molar-refractivity contribution in [3.8, 4) is 5.75 Å². The number of ether oxygens (including phenoxy) is 1. The summed E-state index contributed by atoms with van der Waals surface area (Å²) in [7, 11) is 1.49. The Morgan fingerprint density at radius 3 is 2.57 bits per heavy atom. The molecule has 0 aliphatic rings. The van der Waals surface area contributed by atoms with Gasteiger partial charge < -0.3 is 10.1 Å². The average molecular weight is 286 g/mol. The van der Waals surface area contributed by atoms with Crippen LogP contribution in [0, 0.1) is 17.0 Å². The van der Waals surface area contributed by atoms with Crippen LogP contribution in [-0.4, -0.2) is 17.9 Å². The fourth-order valence-electron chi connectivity index (χ4n) is 2.02. The van der Waals surface area contributed by atoms with Crippen molar-refractivity contribution in [2.24, 2.45) is 0 Å². The molecule has 0 aliphatic heterocycles. The molecule has 2 aromatic rings. The molecule has 108 valence electrons. The van der Waals surface area contributed by atoms with Gasteiger partial charge >= 0.3 is 0 Å². The second-order valence-corrected chi connectivity index (χ2v) is 4.38. The average Bonchev–Trinajstić information content (AvgIpc) is 2.47. The summed E-state index contributed by atoms with van der Waals surface area (Å²) >= 11 is 0. The van der Waals surface area contributed by atoms with Crippen molar-refractivity contribution >= 4 is 17.3 Å². The number of hydrogen-bond acceptors (Lipinski definition) is 4. The molecule has 2 aromatic carbocycles. The highest BCUT2D eigenvalue weighted by atomic mass is 16.6. The van der Waals surface area contributed by atoms with E-state index in [4.69, 9.17) is 4.74 Å². The van der Waals surface area contributed by atoms with Gasteiger partial charge in [0.25, 0.3) is 11.6 Å². The maximum Gasteiger partial charge on any atom is 0.285 e. The van der Waals surface area contributed by atoms with Crippen molar-refractivity contribution < 1.29 is 14.5 Å². The van der Waals surface area contributed by atoms with Gasteiger partial charge in [-0.15, -0.1) is 0 Å². The summed E-state index contributed by atoms with van der Waals surface area (Å²) in [6.45, 7) is 1.60. The van der Waals surface area contributed by atoms with Gasteiger partial charge in [0, 0.05) is 5.56 Å². The molecule has 0 atom stereocenters. The number of nitro groups is 1. The molecule has 6 heteroatoms. The first kappa shape index (κ1) is 14.5. The maximum atomic E-state index is 12.3. The van der Waals surface area contributed by atoms with Crippen molar-refractivity contribution in [2.75, 3.05) is 12.4 Å². The van der Waals surface area contributed by atoms with Crippen molar-refractivity contribution in [3.05, 3.63) is 63.7 Å². The van der Waals surface area contributed by atoms with Crippen LogP contribution < -0.4 is 10.1 Å². The SMILES string of the molecule is COc1ccccc1NC(=O)c1cccc(C)c1[N+](=O)[O-]. The fourth-order valence-corrected chi connectivity index (χ4v) is 2.02. The van der Waals surface area contributed by atoms with Crippen molar-refractivity contribution in [3.63, 3.8) is 0 Å². The van der Waals surface area contributed by atoms with E-state index in [0.717, 1.165) is 0 Å². The summed E-state index contributed by atoms with van der Waals surface area (Å²) < 4.78 is 5.13. The first-order valence-electron chi connectivity index (χ1n) is 6.23. The van der Waals surface area contributed by atoms with Gasteiger partial charge in [-0.2, -0.15) is 0 Å². The molecule has 21 heavy (non-hydrogen) atoms. The Bertz CT molecular complexity index is 698. The molecule has 0 unspecified atom stereocenters. The Kier molecular flexibility index (Phi) is 4.18. The number of rotatable bonds is 4. The number of anilines is 1. The number of nitrogens with zero attached hydrogens (tertiary/aromatic N) is 1. The molecule has 0 fully saturated rings. The first-order valence-corrected chi connectivity index (χ1v) is 6.23. The molecule has 6 nitrogen and oxygen atoms in total. The monoisotopic (exact) mass is 286 g/mol. The van der Waals surface area contributed by atoms with Gasteiger partial charge in [0.1, 0.15) is 11.3 Å². The van der Waals surface area contributed by atoms with Crippen LogP contribution >= 0.6 is 0 Å². The highest BCUT2D eigenvalue weighted by molar-refractivity contribution is 6.08. The standard InChI is InChI=1S/C15H14N2O4/c1-10-6-5-7-11(14(10)17(19)20)15(18)16-12-8-3-4-9-13(12)21-2/h3-9H,1-2H3,(H,16,18). The summed E-state index contributed by atoms with van der Waals surface area (Å²) in [5.74, 6) is -0.0592. The molecule has 1 N–H and O–H groups in total. The predicted octanol–water partition coefficient (Wildman–Crippen LogP) is 3.16. The third-order valence-corrected chi connectivity index (χ3v) is 3.02. The molecule has 0 aliphatic carbocycles. The van der Waals surface area contributed by atoms with E-state index >= 15 is 0 Å². The lowest BCUT2D eigenvalue weighted by Gasteiger charge is -2.10. The largest absolute Gasteiger partial charge is 0.495 e. The van der Waals surface area contributed by atoms with Crippen molar-refractivity contribution in [1.29, 1.82) is 0 Å². The number of nitrogens with one attached hydrogen (secondary N) is 1. The lowest BCUT2D eigenvalue weighted by atomic mass is 10.1. The van der Waals surface area contributed by atoms with E-state index in [1.165, 1.54) is 13.2 Å². The van der Waals surface area contributed by atoms with Gasteiger partial charge in [0.15, 0.2) is 0 Å². The van der Waals surface area contributed by atoms with Gasteiger partial charge in [-0.3, -0.25) is 14.9 Å². The Morgan fingerprint density at radius 2 is 1.90 bits per heavy atom. The molecule has 0 bridgehead atoms. The van der Waals surface area contributed by atoms with Crippen LogP contribution in [0.4, 0.5) is 11.4 Å². The molecule has 0 saturated heterocycles. The number of para-hydroxylation sites is 3. The highest BCUT2D eigenvalue weighted by Crippen LogP contribution is 2.27. The zero-order valence-corrected chi connectivity index (χ0v) is 11.6. The first-order chi connectivity index (χ1) is 10.0. The quantitative estimate of drug-likeness (QED) is 0.691. The molecule has 2 rings (SSSR count). The Labute approximate surface area is 121 Å². The number of aryl methyl sites for hydroxylation is 1. The number of amides is 1. The van der Waals surface area contributed by atoms with Gasteiger partial charge in [-0.05, 0) is 25.1 Å². The lowest BCUT2D eigenvalue weighted by molar-refractivity contribution is -0.385. The van der Waals surface area contributed by atoms with Crippen LogP contribution in [0.25, 0.3) is 0 Å². The Hall–Kier alpha value is -2.89. The number of carbonyl (C=O) groups excluding carboxylic acids is 1. The molecule has 0 spiro atoms. The van der Waals surface area contributed by atoms with Crippen LogP contribution in [0.1, 0.15) is 15.9 Å². The predicted molar refractivity (Wildman–Crippen MR) is 78.8 cm³/mol. The second kappa shape index (κ2) is 6.04. The van der Waals surface area contributed by atoms with Crippen molar-refractivity contribution in [2.45, 2.75) is 6.92 Å². The molecule has 0 saturated carbocycles. The summed E-state index contributed by atoms with van der Waals surface area (Å²) in [6, 6.07) is 11.5. The smallest absolute Gasteiger partial charge is 0.285 e. The zero-order chi connectivity index (χ0) is 15.4.